The molecule has 27 heavy (non-hydrogen) atoms. The number of aryl methyl sites for hydroxylation is 1. The number of anilines is 1. The molecule has 2 saturated carbocycles. The summed E-state index contributed by atoms with van der Waals surface area (Å²) in [6, 6.07) is 0.376. The van der Waals surface area contributed by atoms with Crippen LogP contribution in [0.4, 0.5) is 5.82 Å². The molecule has 0 spiro atoms. The number of carbonyl (C=O) groups excluding carboxylic acids is 2. The Kier molecular flexibility index (Phi) is 5.37. The Morgan fingerprint density at radius 1 is 1.22 bits per heavy atom. The molecular formula is C21H34N4O2. The van der Waals surface area contributed by atoms with Gasteiger partial charge in [0.05, 0.1) is 17.7 Å². The van der Waals surface area contributed by atoms with E-state index in [1.165, 1.54) is 12.8 Å². The van der Waals surface area contributed by atoms with E-state index in [9.17, 15) is 9.59 Å². The molecule has 2 atom stereocenters. The number of hydrogen-bond donors (Lipinski definition) is 2. The van der Waals surface area contributed by atoms with E-state index in [2.05, 4.69) is 29.6 Å². The molecule has 1 aromatic heterocycles. The average molecular weight is 375 g/mol. The maximum atomic E-state index is 13.4. The summed E-state index contributed by atoms with van der Waals surface area (Å²) in [6.07, 6.45) is 7.96. The van der Waals surface area contributed by atoms with Crippen LogP contribution in [0.1, 0.15) is 77.8 Å². The standard InChI is InChI=1S/C21H34N4O2/c1-6-22-18(26)16-11-12-21(5,20(16,3)4)19(27)24-17-14(2)13-23-25(17)15-9-7-8-10-15/h13,15-16H,6-12H2,1-5H3,(H,22,26)(H,24,27)/t16-,21+/m1/s1. The monoisotopic (exact) mass is 374 g/mol. The predicted molar refractivity (Wildman–Crippen MR) is 106 cm³/mol. The lowest BCUT2D eigenvalue weighted by Crippen LogP contribution is -2.47. The summed E-state index contributed by atoms with van der Waals surface area (Å²) in [4.78, 5) is 25.9. The Labute approximate surface area is 162 Å². The predicted octanol–water partition coefficient (Wildman–Crippen LogP) is 3.82. The van der Waals surface area contributed by atoms with Crippen molar-refractivity contribution >= 4 is 17.6 Å². The molecule has 2 aliphatic carbocycles. The molecule has 0 radical (unpaired) electrons. The fourth-order valence-electron chi connectivity index (χ4n) is 4.94. The van der Waals surface area contributed by atoms with Gasteiger partial charge in [-0.2, -0.15) is 5.10 Å². The minimum absolute atomic E-state index is 0.00199. The van der Waals surface area contributed by atoms with Crippen LogP contribution in [0.2, 0.25) is 0 Å². The molecule has 3 rings (SSSR count). The van der Waals surface area contributed by atoms with Crippen LogP contribution in [0.25, 0.3) is 0 Å². The van der Waals surface area contributed by atoms with Crippen LogP contribution < -0.4 is 10.6 Å². The molecule has 2 fully saturated rings. The van der Waals surface area contributed by atoms with Gasteiger partial charge in [0.25, 0.3) is 0 Å². The molecule has 150 valence electrons. The second-order valence-corrected chi connectivity index (χ2v) is 9.05. The Morgan fingerprint density at radius 2 is 1.89 bits per heavy atom. The van der Waals surface area contributed by atoms with Crippen molar-refractivity contribution in [3.8, 4) is 0 Å². The van der Waals surface area contributed by atoms with Crippen LogP contribution in [0, 0.1) is 23.7 Å². The maximum Gasteiger partial charge on any atom is 0.232 e. The molecule has 1 aromatic rings. The van der Waals surface area contributed by atoms with Crippen molar-refractivity contribution in [2.24, 2.45) is 16.7 Å². The second kappa shape index (κ2) is 7.28. The quantitative estimate of drug-likeness (QED) is 0.822. The van der Waals surface area contributed by atoms with Gasteiger partial charge in [0.1, 0.15) is 5.82 Å². The van der Waals surface area contributed by atoms with Crippen molar-refractivity contribution in [3.05, 3.63) is 11.8 Å². The molecule has 0 aliphatic heterocycles. The minimum atomic E-state index is -0.597. The number of amides is 2. The van der Waals surface area contributed by atoms with E-state index in [-0.39, 0.29) is 17.7 Å². The molecule has 6 nitrogen and oxygen atoms in total. The van der Waals surface area contributed by atoms with Gasteiger partial charge < -0.3 is 10.6 Å². The fourth-order valence-corrected chi connectivity index (χ4v) is 4.94. The van der Waals surface area contributed by atoms with Crippen molar-refractivity contribution in [1.29, 1.82) is 0 Å². The SMILES string of the molecule is CCNC(=O)[C@H]1CC[C@@](C)(C(=O)Nc2c(C)cnn2C2CCCC2)C1(C)C. The third-order valence-corrected chi connectivity index (χ3v) is 7.28. The van der Waals surface area contributed by atoms with Crippen molar-refractivity contribution in [2.75, 3.05) is 11.9 Å². The van der Waals surface area contributed by atoms with Crippen molar-refractivity contribution in [3.63, 3.8) is 0 Å². The highest BCUT2D eigenvalue weighted by Crippen LogP contribution is 2.56. The van der Waals surface area contributed by atoms with Gasteiger partial charge in [-0.15, -0.1) is 0 Å². The summed E-state index contributed by atoms with van der Waals surface area (Å²) in [6.45, 7) is 10.7. The lowest BCUT2D eigenvalue weighted by Gasteiger charge is -2.40. The van der Waals surface area contributed by atoms with Gasteiger partial charge in [-0.05, 0) is 44.9 Å². The van der Waals surface area contributed by atoms with Crippen molar-refractivity contribution in [2.45, 2.75) is 79.2 Å². The third kappa shape index (κ3) is 3.27. The largest absolute Gasteiger partial charge is 0.356 e. The van der Waals surface area contributed by atoms with Gasteiger partial charge in [-0.3, -0.25) is 9.59 Å². The summed E-state index contributed by atoms with van der Waals surface area (Å²) in [7, 11) is 0. The van der Waals surface area contributed by atoms with Crippen LogP contribution in [0.3, 0.4) is 0 Å². The first kappa shape index (κ1) is 19.9. The van der Waals surface area contributed by atoms with E-state index < -0.39 is 10.8 Å². The van der Waals surface area contributed by atoms with E-state index in [0.29, 0.717) is 19.0 Å². The first-order valence-corrected chi connectivity index (χ1v) is 10.4. The van der Waals surface area contributed by atoms with Crippen LogP contribution in [-0.4, -0.2) is 28.1 Å². The summed E-state index contributed by atoms with van der Waals surface area (Å²) in [5.74, 6) is 0.743. The summed E-state index contributed by atoms with van der Waals surface area (Å²) in [5, 5.41) is 10.7. The van der Waals surface area contributed by atoms with Gasteiger partial charge >= 0.3 is 0 Å². The first-order valence-electron chi connectivity index (χ1n) is 10.4. The van der Waals surface area contributed by atoms with Gasteiger partial charge in [-0.1, -0.05) is 33.6 Å². The zero-order chi connectivity index (χ0) is 19.8. The van der Waals surface area contributed by atoms with E-state index in [4.69, 9.17) is 0 Å². The average Bonchev–Trinajstić information content (AvgIpc) is 3.30. The molecule has 0 unspecified atom stereocenters. The topological polar surface area (TPSA) is 76.0 Å². The molecule has 6 heteroatoms. The third-order valence-electron chi connectivity index (χ3n) is 7.28. The van der Waals surface area contributed by atoms with Crippen LogP contribution >= 0.6 is 0 Å². The van der Waals surface area contributed by atoms with Gasteiger partial charge in [-0.25, -0.2) is 4.68 Å². The molecule has 0 saturated heterocycles. The molecule has 2 aliphatic rings. The highest BCUT2D eigenvalue weighted by molar-refractivity contribution is 5.97. The number of nitrogens with one attached hydrogen (secondary N) is 2. The summed E-state index contributed by atoms with van der Waals surface area (Å²) in [5.41, 5.74) is -0.0162. The first-order chi connectivity index (χ1) is 12.7. The van der Waals surface area contributed by atoms with Crippen LogP contribution in [0.5, 0.6) is 0 Å². The van der Waals surface area contributed by atoms with Crippen molar-refractivity contribution < 1.29 is 9.59 Å². The molecule has 1 heterocycles. The van der Waals surface area contributed by atoms with Crippen LogP contribution in [0.15, 0.2) is 6.20 Å². The lowest BCUT2D eigenvalue weighted by atomic mass is 9.65. The second-order valence-electron chi connectivity index (χ2n) is 9.05. The highest BCUT2D eigenvalue weighted by Gasteiger charge is 2.58. The van der Waals surface area contributed by atoms with Crippen LogP contribution in [-0.2, 0) is 9.59 Å². The van der Waals surface area contributed by atoms with Crippen molar-refractivity contribution in [1.82, 2.24) is 15.1 Å². The van der Waals surface area contributed by atoms with E-state index >= 15 is 0 Å². The van der Waals surface area contributed by atoms with E-state index in [1.54, 1.807) is 0 Å². The molecular weight excluding hydrogens is 340 g/mol. The van der Waals surface area contributed by atoms with E-state index in [1.807, 2.05) is 31.6 Å². The van der Waals surface area contributed by atoms with Gasteiger partial charge in [0.15, 0.2) is 0 Å². The van der Waals surface area contributed by atoms with E-state index in [0.717, 1.165) is 30.6 Å². The highest BCUT2D eigenvalue weighted by atomic mass is 16.2. The molecule has 0 aromatic carbocycles. The summed E-state index contributed by atoms with van der Waals surface area (Å²) >= 11 is 0. The van der Waals surface area contributed by atoms with Gasteiger partial charge in [0, 0.05) is 18.0 Å². The Bertz CT molecular complexity index is 718. The fraction of sp³-hybridized carbons (Fsp3) is 0.762. The number of nitrogens with zero attached hydrogens (tertiary/aromatic N) is 2. The maximum absolute atomic E-state index is 13.4. The number of aromatic nitrogens is 2. The number of hydrogen-bond acceptors (Lipinski definition) is 3. The number of rotatable bonds is 5. The minimum Gasteiger partial charge on any atom is -0.356 e. The zero-order valence-electron chi connectivity index (χ0n) is 17.4. The molecule has 2 N–H and O–H groups in total. The normalized spacial score (nSPS) is 27.7. The summed E-state index contributed by atoms with van der Waals surface area (Å²) < 4.78 is 2.01. The van der Waals surface area contributed by atoms with Gasteiger partial charge in [0.2, 0.25) is 11.8 Å². The zero-order valence-corrected chi connectivity index (χ0v) is 17.4. The lowest BCUT2D eigenvalue weighted by molar-refractivity contribution is -0.135. The Morgan fingerprint density at radius 3 is 2.52 bits per heavy atom. The Hall–Kier alpha value is -1.85. The Balaban J connectivity index is 1.82. The molecule has 0 bridgehead atoms. The molecule has 2 amide bonds. The smallest absolute Gasteiger partial charge is 0.232 e. The number of carbonyl (C=O) groups is 2.